The van der Waals surface area contributed by atoms with Crippen LogP contribution in [0.5, 0.6) is 11.9 Å². The number of piperidine rings is 1. The van der Waals surface area contributed by atoms with Gasteiger partial charge in [-0.2, -0.15) is 4.98 Å². The predicted octanol–water partition coefficient (Wildman–Crippen LogP) is 3.39. The maximum atomic E-state index is 12.6. The Bertz CT molecular complexity index is 981. The molecule has 1 aromatic heterocycles. The summed E-state index contributed by atoms with van der Waals surface area (Å²) < 4.78 is 10.9. The van der Waals surface area contributed by atoms with Crippen molar-refractivity contribution in [1.29, 1.82) is 0 Å². The zero-order chi connectivity index (χ0) is 20.1. The topological polar surface area (TPSA) is 76.6 Å². The Labute approximate surface area is 169 Å². The Morgan fingerprint density at radius 2 is 1.93 bits per heavy atom. The monoisotopic (exact) mass is 392 g/mol. The summed E-state index contributed by atoms with van der Waals surface area (Å²) >= 11 is 0. The second kappa shape index (κ2) is 8.77. The van der Waals surface area contributed by atoms with E-state index in [2.05, 4.69) is 39.6 Å². The molecule has 1 aliphatic heterocycles. The third kappa shape index (κ3) is 4.56. The first-order valence-electron chi connectivity index (χ1n) is 9.76. The van der Waals surface area contributed by atoms with Crippen LogP contribution < -0.4 is 14.8 Å². The molecular weight excluding hydrogens is 368 g/mol. The van der Waals surface area contributed by atoms with Gasteiger partial charge in [0.2, 0.25) is 5.88 Å². The molecule has 2 aromatic carbocycles. The fraction of sp³-hybridized carbons (Fsp3) is 0.318. The number of hydrogen-bond donors (Lipinski definition) is 1. The highest BCUT2D eigenvalue weighted by molar-refractivity contribution is 5.86. The van der Waals surface area contributed by atoms with Gasteiger partial charge in [-0.15, -0.1) is 0 Å². The van der Waals surface area contributed by atoms with E-state index >= 15 is 0 Å². The average Bonchev–Trinajstić information content (AvgIpc) is 2.78. The summed E-state index contributed by atoms with van der Waals surface area (Å²) in [6, 6.07) is 16.3. The molecule has 150 valence electrons. The zero-order valence-electron chi connectivity index (χ0n) is 16.4. The highest BCUT2D eigenvalue weighted by atomic mass is 16.5. The van der Waals surface area contributed by atoms with Gasteiger partial charge in [-0.3, -0.25) is 0 Å². The number of fused-ring (bicyclic) bond motifs is 1. The third-order valence-electron chi connectivity index (χ3n) is 5.12. The summed E-state index contributed by atoms with van der Waals surface area (Å²) in [6.07, 6.45) is 3.15. The van der Waals surface area contributed by atoms with Crippen molar-refractivity contribution >= 4 is 16.8 Å². The van der Waals surface area contributed by atoms with Gasteiger partial charge >= 0.3 is 12.0 Å². The van der Waals surface area contributed by atoms with Gasteiger partial charge in [0.1, 0.15) is 6.10 Å². The third-order valence-corrected chi connectivity index (χ3v) is 5.12. The van der Waals surface area contributed by atoms with Crippen LogP contribution in [-0.2, 0) is 6.54 Å². The fourth-order valence-electron chi connectivity index (χ4n) is 3.57. The highest BCUT2D eigenvalue weighted by Crippen LogP contribution is 2.20. The van der Waals surface area contributed by atoms with Gasteiger partial charge in [-0.1, -0.05) is 42.5 Å². The molecule has 1 saturated heterocycles. The number of hydrogen-bond acceptors (Lipinski definition) is 5. The molecule has 4 rings (SSSR count). The Kier molecular flexibility index (Phi) is 5.74. The van der Waals surface area contributed by atoms with Crippen LogP contribution in [0.3, 0.4) is 0 Å². The molecule has 1 aliphatic rings. The lowest BCUT2D eigenvalue weighted by Gasteiger charge is -2.32. The smallest absolute Gasteiger partial charge is 0.319 e. The number of carbonyl (C=O) groups is 1. The molecule has 1 N–H and O–H groups in total. The lowest BCUT2D eigenvalue weighted by atomic mass is 10.0. The number of methoxy groups -OCH3 is 1. The SMILES string of the molecule is COc1nccc(OC2CCN(C(=O)NCc3cccc4ccccc34)CC2)n1. The lowest BCUT2D eigenvalue weighted by Crippen LogP contribution is -2.46. The van der Waals surface area contributed by atoms with Crippen molar-refractivity contribution < 1.29 is 14.3 Å². The van der Waals surface area contributed by atoms with Crippen molar-refractivity contribution in [3.8, 4) is 11.9 Å². The molecule has 3 aromatic rings. The maximum absolute atomic E-state index is 12.6. The molecule has 7 nitrogen and oxygen atoms in total. The Morgan fingerprint density at radius 1 is 1.14 bits per heavy atom. The first kappa shape index (κ1) is 19.0. The van der Waals surface area contributed by atoms with Gasteiger partial charge in [-0.25, -0.2) is 9.78 Å². The van der Waals surface area contributed by atoms with E-state index in [0.717, 1.165) is 18.4 Å². The van der Waals surface area contributed by atoms with E-state index in [4.69, 9.17) is 9.47 Å². The number of likely N-dealkylation sites (tertiary alicyclic amines) is 1. The molecule has 0 atom stereocenters. The fourth-order valence-corrected chi connectivity index (χ4v) is 3.57. The van der Waals surface area contributed by atoms with E-state index in [1.807, 2.05) is 23.1 Å². The number of urea groups is 1. The maximum Gasteiger partial charge on any atom is 0.319 e. The largest absolute Gasteiger partial charge is 0.474 e. The Hall–Kier alpha value is -3.35. The minimum atomic E-state index is -0.0416. The first-order valence-corrected chi connectivity index (χ1v) is 9.76. The van der Waals surface area contributed by atoms with Crippen molar-refractivity contribution in [1.82, 2.24) is 20.2 Å². The number of ether oxygens (including phenoxy) is 2. The molecule has 0 aliphatic carbocycles. The van der Waals surface area contributed by atoms with E-state index in [0.29, 0.717) is 25.5 Å². The molecule has 0 saturated carbocycles. The Morgan fingerprint density at radius 3 is 2.76 bits per heavy atom. The van der Waals surface area contributed by atoms with E-state index in [1.54, 1.807) is 12.3 Å². The molecule has 2 heterocycles. The summed E-state index contributed by atoms with van der Waals surface area (Å²) in [5, 5.41) is 5.40. The highest BCUT2D eigenvalue weighted by Gasteiger charge is 2.24. The molecule has 2 amide bonds. The number of nitrogens with one attached hydrogen (secondary N) is 1. The van der Waals surface area contributed by atoms with Gasteiger partial charge in [0.05, 0.1) is 7.11 Å². The predicted molar refractivity (Wildman–Crippen MR) is 110 cm³/mol. The normalized spacial score (nSPS) is 14.6. The van der Waals surface area contributed by atoms with Crippen molar-refractivity contribution in [3.63, 3.8) is 0 Å². The van der Waals surface area contributed by atoms with Crippen LogP contribution in [0.2, 0.25) is 0 Å². The van der Waals surface area contributed by atoms with Gasteiger partial charge in [0.15, 0.2) is 0 Å². The minimum absolute atomic E-state index is 0.0247. The summed E-state index contributed by atoms with van der Waals surface area (Å²) in [6.45, 7) is 1.81. The molecule has 0 spiro atoms. The van der Waals surface area contributed by atoms with E-state index in [1.165, 1.54) is 17.9 Å². The van der Waals surface area contributed by atoms with Gasteiger partial charge in [-0.05, 0) is 16.3 Å². The van der Waals surface area contributed by atoms with Crippen LogP contribution in [0.25, 0.3) is 10.8 Å². The summed E-state index contributed by atoms with van der Waals surface area (Å²) in [4.78, 5) is 22.6. The molecule has 0 radical (unpaired) electrons. The van der Waals surface area contributed by atoms with Crippen molar-refractivity contribution in [2.45, 2.75) is 25.5 Å². The van der Waals surface area contributed by atoms with Crippen LogP contribution in [-0.4, -0.2) is 47.2 Å². The van der Waals surface area contributed by atoms with Crippen molar-refractivity contribution in [2.75, 3.05) is 20.2 Å². The number of rotatable bonds is 5. The average molecular weight is 392 g/mol. The van der Waals surface area contributed by atoms with Crippen molar-refractivity contribution in [2.24, 2.45) is 0 Å². The summed E-state index contributed by atoms with van der Waals surface area (Å²) in [5.41, 5.74) is 1.12. The summed E-state index contributed by atoms with van der Waals surface area (Å²) in [7, 11) is 1.52. The van der Waals surface area contributed by atoms with Crippen LogP contribution in [0, 0.1) is 0 Å². The van der Waals surface area contributed by atoms with Crippen molar-refractivity contribution in [3.05, 3.63) is 60.3 Å². The number of nitrogens with zero attached hydrogens (tertiary/aromatic N) is 3. The molecule has 1 fully saturated rings. The van der Waals surface area contributed by atoms with E-state index < -0.39 is 0 Å². The number of benzene rings is 2. The van der Waals surface area contributed by atoms with Crippen LogP contribution in [0.4, 0.5) is 4.79 Å². The number of aromatic nitrogens is 2. The second-order valence-electron chi connectivity index (χ2n) is 6.98. The standard InChI is InChI=1S/C22H24N4O3/c1-28-21-23-12-9-20(25-21)29-18-10-13-26(14-11-18)22(27)24-15-17-7-4-6-16-5-2-3-8-19(16)17/h2-9,12,18H,10-11,13-15H2,1H3,(H,24,27). The van der Waals surface area contributed by atoms with E-state index in [-0.39, 0.29) is 18.1 Å². The number of amides is 2. The van der Waals surface area contributed by atoms with Crippen LogP contribution in [0.1, 0.15) is 18.4 Å². The molecule has 0 unspecified atom stereocenters. The molecular formula is C22H24N4O3. The van der Waals surface area contributed by atoms with Gasteiger partial charge in [0.25, 0.3) is 0 Å². The van der Waals surface area contributed by atoms with Gasteiger partial charge in [0, 0.05) is 44.7 Å². The van der Waals surface area contributed by atoms with Crippen LogP contribution in [0.15, 0.2) is 54.7 Å². The number of carbonyl (C=O) groups excluding carboxylic acids is 1. The second-order valence-corrected chi connectivity index (χ2v) is 6.98. The zero-order valence-corrected chi connectivity index (χ0v) is 16.4. The quantitative estimate of drug-likeness (QED) is 0.720. The first-order chi connectivity index (χ1) is 14.2. The molecule has 7 heteroatoms. The van der Waals surface area contributed by atoms with Gasteiger partial charge < -0.3 is 19.7 Å². The van der Waals surface area contributed by atoms with Crippen LogP contribution >= 0.6 is 0 Å². The summed E-state index contributed by atoms with van der Waals surface area (Å²) in [5.74, 6) is 0.496. The van der Waals surface area contributed by atoms with E-state index in [9.17, 15) is 4.79 Å². The molecule has 29 heavy (non-hydrogen) atoms. The lowest BCUT2D eigenvalue weighted by molar-refractivity contribution is 0.106. The Balaban J connectivity index is 1.29. The minimum Gasteiger partial charge on any atom is -0.474 e. The molecule has 0 bridgehead atoms.